The lowest BCUT2D eigenvalue weighted by molar-refractivity contribution is 0.0674. The third-order valence-electron chi connectivity index (χ3n) is 8.84. The molecule has 1 aromatic heterocycles. The SMILES string of the molecule is Cc1cn([C@H]2C[C@H](O[Si](C)(C)C(C)(C)C)[C@@]3(CCC[C@@H]3O[Si](C)(C)C(C)(C)C)S2)c(=O)[nH]c1=O. The van der Waals surface area contributed by atoms with Crippen LogP contribution in [0.15, 0.2) is 15.8 Å². The molecule has 0 radical (unpaired) electrons. The fourth-order valence-electron chi connectivity index (χ4n) is 4.57. The van der Waals surface area contributed by atoms with Crippen molar-refractivity contribution < 1.29 is 8.85 Å². The van der Waals surface area contributed by atoms with E-state index in [0.717, 1.165) is 25.7 Å². The summed E-state index contributed by atoms with van der Waals surface area (Å²) in [6.45, 7) is 24.7. The van der Waals surface area contributed by atoms with Crippen molar-refractivity contribution in [3.8, 4) is 0 Å². The van der Waals surface area contributed by atoms with Gasteiger partial charge in [0.25, 0.3) is 5.56 Å². The number of rotatable bonds is 5. The summed E-state index contributed by atoms with van der Waals surface area (Å²) in [5, 5.41) is 0.139. The van der Waals surface area contributed by atoms with Gasteiger partial charge >= 0.3 is 5.69 Å². The summed E-state index contributed by atoms with van der Waals surface area (Å²) in [5.41, 5.74) is -0.0902. The van der Waals surface area contributed by atoms with E-state index in [1.165, 1.54) is 0 Å². The minimum absolute atomic E-state index is 0.0137. The predicted molar refractivity (Wildman–Crippen MR) is 148 cm³/mol. The Morgan fingerprint density at radius 2 is 1.53 bits per heavy atom. The molecule has 194 valence electrons. The molecular formula is C25H46N2O4SSi2. The number of nitrogens with zero attached hydrogens (tertiary/aromatic N) is 1. The van der Waals surface area contributed by atoms with Crippen LogP contribution in [-0.2, 0) is 8.85 Å². The Hall–Kier alpha value is -0.616. The van der Waals surface area contributed by atoms with Crippen molar-refractivity contribution in [2.45, 2.75) is 133 Å². The van der Waals surface area contributed by atoms with Crippen molar-refractivity contribution in [2.75, 3.05) is 0 Å². The Morgan fingerprint density at radius 1 is 1.00 bits per heavy atom. The molecule has 3 rings (SSSR count). The van der Waals surface area contributed by atoms with E-state index in [1.807, 2.05) is 11.8 Å². The Bertz CT molecular complexity index is 1020. The largest absolute Gasteiger partial charge is 0.412 e. The zero-order valence-corrected chi connectivity index (χ0v) is 25.9. The average molecular weight is 527 g/mol. The van der Waals surface area contributed by atoms with Crippen LogP contribution in [-0.4, -0.2) is 43.1 Å². The molecule has 1 aromatic rings. The van der Waals surface area contributed by atoms with Gasteiger partial charge in [0.15, 0.2) is 16.6 Å². The Morgan fingerprint density at radius 3 is 2.06 bits per heavy atom. The summed E-state index contributed by atoms with van der Waals surface area (Å²) >= 11 is 1.86. The highest BCUT2D eigenvalue weighted by Crippen LogP contribution is 2.60. The van der Waals surface area contributed by atoms with Gasteiger partial charge in [-0.05, 0) is 62.5 Å². The van der Waals surface area contributed by atoms with Gasteiger partial charge in [0.1, 0.15) is 0 Å². The van der Waals surface area contributed by atoms with Gasteiger partial charge in [-0.3, -0.25) is 14.3 Å². The van der Waals surface area contributed by atoms with Crippen LogP contribution in [0, 0.1) is 6.92 Å². The summed E-state index contributed by atoms with van der Waals surface area (Å²) < 4.78 is 15.8. The van der Waals surface area contributed by atoms with Crippen LogP contribution in [0.1, 0.15) is 78.2 Å². The molecule has 1 spiro atoms. The molecule has 0 bridgehead atoms. The van der Waals surface area contributed by atoms with Crippen LogP contribution in [0.25, 0.3) is 0 Å². The fraction of sp³-hybridized carbons (Fsp3) is 0.840. The topological polar surface area (TPSA) is 73.3 Å². The molecule has 9 heteroatoms. The van der Waals surface area contributed by atoms with E-state index in [9.17, 15) is 9.59 Å². The highest BCUT2D eigenvalue weighted by molar-refractivity contribution is 8.01. The van der Waals surface area contributed by atoms with Gasteiger partial charge in [-0.25, -0.2) is 4.79 Å². The van der Waals surface area contributed by atoms with Crippen molar-refractivity contribution >= 4 is 28.4 Å². The van der Waals surface area contributed by atoms with Crippen molar-refractivity contribution in [1.29, 1.82) is 0 Å². The zero-order valence-electron chi connectivity index (χ0n) is 23.1. The fourth-order valence-corrected chi connectivity index (χ4v) is 9.43. The number of nitrogens with one attached hydrogen (secondary N) is 1. The summed E-state index contributed by atoms with van der Waals surface area (Å²) in [5.74, 6) is 0. The normalized spacial score (nSPS) is 28.7. The first-order valence-electron chi connectivity index (χ1n) is 12.7. The highest BCUT2D eigenvalue weighted by Gasteiger charge is 2.60. The molecule has 2 heterocycles. The number of aryl methyl sites for hydroxylation is 1. The summed E-state index contributed by atoms with van der Waals surface area (Å²) in [4.78, 5) is 27.3. The molecular weight excluding hydrogens is 481 g/mol. The number of thioether (sulfide) groups is 1. The van der Waals surface area contributed by atoms with Crippen LogP contribution in [0.3, 0.4) is 0 Å². The highest BCUT2D eigenvalue weighted by atomic mass is 32.2. The quantitative estimate of drug-likeness (QED) is 0.464. The lowest BCUT2D eigenvalue weighted by Gasteiger charge is -2.47. The van der Waals surface area contributed by atoms with Gasteiger partial charge < -0.3 is 8.85 Å². The second-order valence-electron chi connectivity index (χ2n) is 13.4. The minimum atomic E-state index is -2.06. The maximum Gasteiger partial charge on any atom is 0.329 e. The van der Waals surface area contributed by atoms with E-state index in [2.05, 4.69) is 72.7 Å². The molecule has 34 heavy (non-hydrogen) atoms. The molecule has 1 aliphatic heterocycles. The van der Waals surface area contributed by atoms with Crippen molar-refractivity contribution in [3.05, 3.63) is 32.6 Å². The maximum absolute atomic E-state index is 12.8. The van der Waals surface area contributed by atoms with Gasteiger partial charge in [0.05, 0.1) is 22.3 Å². The molecule has 6 nitrogen and oxygen atoms in total. The standard InChI is InChI=1S/C25H46N2O4SSi2/c1-17-16-27(22(29)26-21(17)28)20-15-19(31-34(10,11)24(5,6)7)25(32-20)14-12-13-18(25)30-33(8,9)23(2,3)4/h16,18-20H,12-15H2,1-11H3,(H,26,28,29)/t18-,19-,20+,25-/m0/s1. The third-order valence-corrected chi connectivity index (χ3v) is 19.7. The molecule has 1 N–H and O–H groups in total. The van der Waals surface area contributed by atoms with Gasteiger partial charge in [-0.15, -0.1) is 11.8 Å². The maximum atomic E-state index is 12.8. The first-order chi connectivity index (χ1) is 15.3. The smallest absolute Gasteiger partial charge is 0.329 e. The molecule has 1 aliphatic carbocycles. The van der Waals surface area contributed by atoms with Crippen molar-refractivity contribution in [3.63, 3.8) is 0 Å². The van der Waals surface area contributed by atoms with Gasteiger partial charge in [-0.1, -0.05) is 41.5 Å². The summed E-state index contributed by atoms with van der Waals surface area (Å²) in [6, 6.07) is 0. The Kier molecular flexibility index (Phi) is 7.44. The number of hydrogen-bond acceptors (Lipinski definition) is 5. The van der Waals surface area contributed by atoms with E-state index < -0.39 is 16.6 Å². The Balaban J connectivity index is 2.05. The average Bonchev–Trinajstić information content (AvgIpc) is 3.20. The van der Waals surface area contributed by atoms with E-state index >= 15 is 0 Å². The van der Waals surface area contributed by atoms with Crippen LogP contribution < -0.4 is 11.2 Å². The molecule has 0 amide bonds. The monoisotopic (exact) mass is 526 g/mol. The van der Waals surface area contributed by atoms with Crippen LogP contribution >= 0.6 is 11.8 Å². The molecule has 0 aromatic carbocycles. The molecule has 1 saturated heterocycles. The van der Waals surface area contributed by atoms with E-state index in [4.69, 9.17) is 8.85 Å². The molecule has 4 atom stereocenters. The second-order valence-corrected chi connectivity index (χ2v) is 24.4. The van der Waals surface area contributed by atoms with Crippen LogP contribution in [0.4, 0.5) is 0 Å². The third kappa shape index (κ3) is 5.10. The number of aromatic nitrogens is 2. The number of hydrogen-bond donors (Lipinski definition) is 1. The van der Waals surface area contributed by atoms with E-state index in [0.29, 0.717) is 5.56 Å². The summed E-state index contributed by atoms with van der Waals surface area (Å²) in [6.07, 6.45) is 5.76. The van der Waals surface area contributed by atoms with Crippen LogP contribution in [0.5, 0.6) is 0 Å². The molecule has 1 saturated carbocycles. The predicted octanol–water partition coefficient (Wildman–Crippen LogP) is 6.18. The molecule has 2 aliphatic rings. The molecule has 2 fully saturated rings. The molecule has 0 unspecified atom stereocenters. The first-order valence-corrected chi connectivity index (χ1v) is 19.4. The van der Waals surface area contributed by atoms with Gasteiger partial charge in [0.2, 0.25) is 0 Å². The summed E-state index contributed by atoms with van der Waals surface area (Å²) in [7, 11) is -4.05. The van der Waals surface area contributed by atoms with Crippen molar-refractivity contribution in [2.24, 2.45) is 0 Å². The number of H-pyrrole nitrogens is 1. The number of aromatic amines is 1. The lowest BCUT2D eigenvalue weighted by Crippen LogP contribution is -2.55. The zero-order chi connectivity index (χ0) is 25.9. The second kappa shape index (κ2) is 9.04. The van der Waals surface area contributed by atoms with E-state index in [-0.39, 0.29) is 43.7 Å². The van der Waals surface area contributed by atoms with Gasteiger partial charge in [-0.2, -0.15) is 0 Å². The van der Waals surface area contributed by atoms with Crippen molar-refractivity contribution in [1.82, 2.24) is 9.55 Å². The first kappa shape index (κ1) is 28.0. The van der Waals surface area contributed by atoms with Gasteiger partial charge in [0, 0.05) is 18.2 Å². The van der Waals surface area contributed by atoms with Crippen LogP contribution in [0.2, 0.25) is 36.3 Å². The van der Waals surface area contributed by atoms with E-state index in [1.54, 1.807) is 17.7 Å². The Labute approximate surface area is 211 Å². The minimum Gasteiger partial charge on any atom is -0.412 e. The lowest BCUT2D eigenvalue weighted by atomic mass is 9.95.